The van der Waals surface area contributed by atoms with Gasteiger partial charge < -0.3 is 9.84 Å². The topological polar surface area (TPSA) is 82.2 Å². The van der Waals surface area contributed by atoms with E-state index in [1.54, 1.807) is 30.6 Å². The molecule has 31 heavy (non-hydrogen) atoms. The second-order valence-corrected chi connectivity index (χ2v) is 6.54. The third-order valence-corrected chi connectivity index (χ3v) is 4.37. The zero-order valence-electron chi connectivity index (χ0n) is 15.8. The lowest BCUT2D eigenvalue weighted by molar-refractivity contribution is -0.274. The Kier molecular flexibility index (Phi) is 5.20. The van der Waals surface area contributed by atoms with E-state index in [0.717, 1.165) is 22.3 Å². The van der Waals surface area contributed by atoms with Crippen LogP contribution < -0.4 is 10.4 Å². The molecule has 0 aliphatic carbocycles. The van der Waals surface area contributed by atoms with Gasteiger partial charge in [-0.15, -0.1) is 13.2 Å². The van der Waals surface area contributed by atoms with Gasteiger partial charge >= 0.3 is 12.1 Å². The number of alkyl halides is 3. The number of rotatable bonds is 5. The summed E-state index contributed by atoms with van der Waals surface area (Å²) in [6, 6.07) is 13.6. The van der Waals surface area contributed by atoms with Gasteiger partial charge in [-0.1, -0.05) is 6.07 Å². The Hall–Kier alpha value is -4.08. The van der Waals surface area contributed by atoms with Crippen molar-refractivity contribution in [2.45, 2.75) is 12.9 Å². The van der Waals surface area contributed by atoms with Gasteiger partial charge in [0.1, 0.15) is 5.75 Å². The second-order valence-electron chi connectivity index (χ2n) is 6.54. The lowest BCUT2D eigenvalue weighted by Gasteiger charge is -2.09. The third-order valence-electron chi connectivity index (χ3n) is 4.37. The number of aromatic hydroxyl groups is 1. The molecule has 0 bridgehead atoms. The molecule has 1 aromatic carbocycles. The van der Waals surface area contributed by atoms with Crippen LogP contribution in [0.3, 0.4) is 0 Å². The summed E-state index contributed by atoms with van der Waals surface area (Å²) in [4.78, 5) is 21.3. The number of hydrogen-bond donors (Lipinski definition) is 1. The van der Waals surface area contributed by atoms with Crippen molar-refractivity contribution in [1.29, 1.82) is 0 Å². The van der Waals surface area contributed by atoms with Crippen molar-refractivity contribution in [3.63, 3.8) is 0 Å². The lowest BCUT2D eigenvalue weighted by Crippen LogP contribution is -2.23. The lowest BCUT2D eigenvalue weighted by atomic mass is 10.2. The molecule has 0 aliphatic rings. The van der Waals surface area contributed by atoms with Crippen LogP contribution in [0.15, 0.2) is 78.0 Å². The molecule has 4 rings (SSSR count). The number of ether oxygens (including phenoxy) is 1. The van der Waals surface area contributed by atoms with Crippen LogP contribution >= 0.6 is 0 Å². The highest BCUT2D eigenvalue weighted by molar-refractivity contribution is 5.54. The van der Waals surface area contributed by atoms with E-state index >= 15 is 0 Å². The molecule has 3 aromatic heterocycles. The number of halogens is 3. The van der Waals surface area contributed by atoms with Crippen molar-refractivity contribution in [3.05, 3.63) is 89.2 Å². The molecular formula is C21H15F3N4O3. The van der Waals surface area contributed by atoms with E-state index in [0.29, 0.717) is 11.4 Å². The first-order valence-corrected chi connectivity index (χ1v) is 9.04. The fourth-order valence-corrected chi connectivity index (χ4v) is 3.06. The summed E-state index contributed by atoms with van der Waals surface area (Å²) in [6.45, 7) is 0.150. The zero-order chi connectivity index (χ0) is 22.0. The number of hydrogen-bond acceptors (Lipinski definition) is 5. The summed E-state index contributed by atoms with van der Waals surface area (Å²) < 4.78 is 43.0. The van der Waals surface area contributed by atoms with Crippen molar-refractivity contribution in [2.24, 2.45) is 0 Å². The van der Waals surface area contributed by atoms with E-state index in [2.05, 4.69) is 14.7 Å². The predicted octanol–water partition coefficient (Wildman–Crippen LogP) is 3.75. The largest absolute Gasteiger partial charge is 0.573 e. The van der Waals surface area contributed by atoms with Crippen LogP contribution in [0.5, 0.6) is 11.6 Å². The third kappa shape index (κ3) is 4.58. The predicted molar refractivity (Wildman–Crippen MR) is 105 cm³/mol. The van der Waals surface area contributed by atoms with E-state index in [1.807, 2.05) is 12.1 Å². The van der Waals surface area contributed by atoms with Crippen molar-refractivity contribution in [1.82, 2.24) is 19.1 Å². The molecule has 0 radical (unpaired) electrons. The molecule has 0 unspecified atom stereocenters. The summed E-state index contributed by atoms with van der Waals surface area (Å²) in [5, 5.41) is 10.2. The Morgan fingerprint density at radius 2 is 1.71 bits per heavy atom. The number of benzene rings is 1. The molecular weight excluding hydrogens is 413 g/mol. The molecule has 0 amide bonds. The van der Waals surface area contributed by atoms with E-state index in [-0.39, 0.29) is 18.1 Å². The van der Waals surface area contributed by atoms with Crippen LogP contribution in [0.2, 0.25) is 0 Å². The highest BCUT2D eigenvalue weighted by Crippen LogP contribution is 2.24. The Balaban J connectivity index is 1.60. The molecule has 10 heteroatoms. The van der Waals surface area contributed by atoms with E-state index in [4.69, 9.17) is 0 Å². The zero-order valence-corrected chi connectivity index (χ0v) is 15.8. The molecule has 0 saturated carbocycles. The smallest absolute Gasteiger partial charge is 0.493 e. The normalized spacial score (nSPS) is 11.5. The van der Waals surface area contributed by atoms with Crippen molar-refractivity contribution in [3.8, 4) is 28.7 Å². The number of aromatic nitrogens is 4. The van der Waals surface area contributed by atoms with Gasteiger partial charge in [0.15, 0.2) is 0 Å². The first-order valence-electron chi connectivity index (χ1n) is 9.04. The minimum atomic E-state index is -4.82. The van der Waals surface area contributed by atoms with Gasteiger partial charge in [0.2, 0.25) is 5.88 Å². The fourth-order valence-electron chi connectivity index (χ4n) is 3.06. The average Bonchev–Trinajstić information content (AvgIpc) is 3.01. The minimum Gasteiger partial charge on any atom is -0.493 e. The van der Waals surface area contributed by atoms with Crippen LogP contribution in [0.4, 0.5) is 13.2 Å². The Morgan fingerprint density at radius 1 is 0.968 bits per heavy atom. The first-order chi connectivity index (χ1) is 14.8. The minimum absolute atomic E-state index is 0.150. The van der Waals surface area contributed by atoms with Crippen LogP contribution in [-0.4, -0.2) is 30.6 Å². The Labute approximate surface area is 173 Å². The number of pyridine rings is 2. The molecule has 0 spiro atoms. The van der Waals surface area contributed by atoms with E-state index in [1.165, 1.54) is 22.9 Å². The van der Waals surface area contributed by atoms with Gasteiger partial charge in [0, 0.05) is 12.4 Å². The molecule has 3 heterocycles. The molecule has 158 valence electrons. The van der Waals surface area contributed by atoms with Gasteiger partial charge in [0.05, 0.1) is 29.8 Å². The highest BCUT2D eigenvalue weighted by Gasteiger charge is 2.31. The first kappa shape index (κ1) is 20.2. The van der Waals surface area contributed by atoms with E-state index < -0.39 is 17.8 Å². The summed E-state index contributed by atoms with van der Waals surface area (Å²) in [6.07, 6.45) is -0.316. The summed E-state index contributed by atoms with van der Waals surface area (Å²) >= 11 is 0. The standard InChI is InChI=1S/C21H15F3N4O3/c22-21(23,24)31-16-6-4-15(5-7-16)28-19(29)13-27(20(28)30)12-14-8-10-26-18(11-14)17-3-1-2-9-25-17/h1-11,13,29H,12H2. The maximum Gasteiger partial charge on any atom is 0.573 e. The van der Waals surface area contributed by atoms with Crippen LogP contribution in [0.1, 0.15) is 5.56 Å². The average molecular weight is 428 g/mol. The monoisotopic (exact) mass is 428 g/mol. The van der Waals surface area contributed by atoms with Crippen molar-refractivity contribution in [2.75, 3.05) is 0 Å². The molecule has 4 aromatic rings. The van der Waals surface area contributed by atoms with Gasteiger partial charge in [-0.2, -0.15) is 0 Å². The molecule has 0 atom stereocenters. The van der Waals surface area contributed by atoms with Crippen molar-refractivity contribution >= 4 is 0 Å². The molecule has 0 saturated heterocycles. The quantitative estimate of drug-likeness (QED) is 0.524. The van der Waals surface area contributed by atoms with Crippen molar-refractivity contribution < 1.29 is 23.0 Å². The fraction of sp³-hybridized carbons (Fsp3) is 0.0952. The molecule has 0 aliphatic heterocycles. The maximum atomic E-state index is 12.8. The Bertz CT molecular complexity index is 1250. The van der Waals surface area contributed by atoms with Gasteiger partial charge in [0.25, 0.3) is 0 Å². The maximum absolute atomic E-state index is 12.8. The number of nitrogens with zero attached hydrogens (tertiary/aromatic N) is 4. The van der Waals surface area contributed by atoms with Gasteiger partial charge in [-0.05, 0) is 54.1 Å². The van der Waals surface area contributed by atoms with Crippen LogP contribution in [-0.2, 0) is 6.54 Å². The van der Waals surface area contributed by atoms with Gasteiger partial charge in [-0.25, -0.2) is 9.36 Å². The molecule has 0 fully saturated rings. The summed E-state index contributed by atoms with van der Waals surface area (Å²) in [7, 11) is 0. The van der Waals surface area contributed by atoms with Crippen LogP contribution in [0.25, 0.3) is 17.1 Å². The SMILES string of the molecule is O=c1n(Cc2ccnc(-c3ccccn3)c2)cc(O)n1-c1ccc(OC(F)(F)F)cc1. The molecule has 1 N–H and O–H groups in total. The van der Waals surface area contributed by atoms with Crippen LogP contribution in [0, 0.1) is 0 Å². The second kappa shape index (κ2) is 7.98. The number of imidazole rings is 1. The summed E-state index contributed by atoms with van der Waals surface area (Å²) in [5.74, 6) is -0.782. The summed E-state index contributed by atoms with van der Waals surface area (Å²) in [5.41, 5.74) is 1.70. The van der Waals surface area contributed by atoms with E-state index in [9.17, 15) is 23.1 Å². The highest BCUT2D eigenvalue weighted by atomic mass is 19.4. The molecule has 7 nitrogen and oxygen atoms in total. The van der Waals surface area contributed by atoms with Gasteiger partial charge in [-0.3, -0.25) is 14.5 Å². The Morgan fingerprint density at radius 3 is 2.39 bits per heavy atom.